The number of hydrogen-bond donors (Lipinski definition) is 1. The molecule has 6 nitrogen and oxygen atoms in total. The molecular weight excluding hydrogens is 284 g/mol. The summed E-state index contributed by atoms with van der Waals surface area (Å²) in [5, 5.41) is 13.9. The average molecular weight is 301 g/mol. The summed E-state index contributed by atoms with van der Waals surface area (Å²) in [6, 6.07) is 3.96. The fraction of sp³-hybridized carbons (Fsp3) is 0.462. The summed E-state index contributed by atoms with van der Waals surface area (Å²) in [7, 11) is 0. The van der Waals surface area contributed by atoms with Gasteiger partial charge in [0.2, 0.25) is 0 Å². The topological polar surface area (TPSA) is 81.5 Å². The maximum Gasteiger partial charge on any atom is 0.311 e. The number of nitrogens with one attached hydrogen (secondary N) is 1. The molecule has 0 aliphatic heterocycles. The van der Waals surface area contributed by atoms with Crippen molar-refractivity contribution >= 4 is 23.2 Å². The number of nitrogens with zero attached hydrogens (tertiary/aromatic N) is 1. The zero-order chi connectivity index (χ0) is 15.5. The van der Waals surface area contributed by atoms with Crippen molar-refractivity contribution in [2.24, 2.45) is 0 Å². The third-order valence-corrected chi connectivity index (χ3v) is 2.52. The molecule has 0 bridgehead atoms. The normalized spacial score (nSPS) is 12.7. The summed E-state index contributed by atoms with van der Waals surface area (Å²) in [6.45, 7) is 7.02. The smallest absolute Gasteiger partial charge is 0.311 e. The fourth-order valence-corrected chi connectivity index (χ4v) is 1.61. The van der Waals surface area contributed by atoms with Gasteiger partial charge >= 0.3 is 5.69 Å². The first kappa shape index (κ1) is 16.2. The lowest BCUT2D eigenvalue weighted by Gasteiger charge is -2.23. The van der Waals surface area contributed by atoms with E-state index in [1.807, 2.05) is 20.8 Å². The SMILES string of the molecule is CC(Oc1cc(Cl)ccc1[N+](=O)[O-])C(=O)NC(C)(C)C. The highest BCUT2D eigenvalue weighted by Gasteiger charge is 2.24. The molecule has 0 spiro atoms. The van der Waals surface area contributed by atoms with Gasteiger partial charge in [-0.1, -0.05) is 11.6 Å². The van der Waals surface area contributed by atoms with E-state index in [4.69, 9.17) is 16.3 Å². The Morgan fingerprint density at radius 1 is 1.45 bits per heavy atom. The molecule has 7 heteroatoms. The molecule has 1 rings (SSSR count). The summed E-state index contributed by atoms with van der Waals surface area (Å²) >= 11 is 5.79. The van der Waals surface area contributed by atoms with Crippen molar-refractivity contribution in [2.75, 3.05) is 0 Å². The van der Waals surface area contributed by atoms with Gasteiger partial charge in [-0.2, -0.15) is 0 Å². The van der Waals surface area contributed by atoms with Crippen molar-refractivity contribution in [3.63, 3.8) is 0 Å². The minimum atomic E-state index is -0.869. The molecule has 1 unspecified atom stereocenters. The largest absolute Gasteiger partial charge is 0.474 e. The van der Waals surface area contributed by atoms with Crippen LogP contribution in [-0.2, 0) is 4.79 Å². The number of benzene rings is 1. The van der Waals surface area contributed by atoms with Gasteiger partial charge in [-0.3, -0.25) is 14.9 Å². The van der Waals surface area contributed by atoms with E-state index in [0.29, 0.717) is 5.02 Å². The second-order valence-corrected chi connectivity index (χ2v) is 5.80. The van der Waals surface area contributed by atoms with Crippen molar-refractivity contribution in [3.05, 3.63) is 33.3 Å². The van der Waals surface area contributed by atoms with Crippen LogP contribution in [0.4, 0.5) is 5.69 Å². The van der Waals surface area contributed by atoms with Crippen LogP contribution in [0.1, 0.15) is 27.7 Å². The predicted molar refractivity (Wildman–Crippen MR) is 76.1 cm³/mol. The van der Waals surface area contributed by atoms with Crippen molar-refractivity contribution < 1.29 is 14.5 Å². The van der Waals surface area contributed by atoms with Gasteiger partial charge in [0.15, 0.2) is 11.9 Å². The Balaban J connectivity index is 2.90. The first-order chi connectivity index (χ1) is 9.10. The quantitative estimate of drug-likeness (QED) is 0.684. The Hall–Kier alpha value is -1.82. The van der Waals surface area contributed by atoms with E-state index < -0.39 is 16.6 Å². The minimum Gasteiger partial charge on any atom is -0.474 e. The highest BCUT2D eigenvalue weighted by Crippen LogP contribution is 2.30. The standard InChI is InChI=1S/C13H17ClN2O4/c1-8(12(17)15-13(2,3)4)20-11-7-9(14)5-6-10(11)16(18)19/h5-8H,1-4H3,(H,15,17). The predicted octanol–water partition coefficient (Wildman–Crippen LogP) is 2.93. The number of carbonyl (C=O) groups is 1. The first-order valence-corrected chi connectivity index (χ1v) is 6.40. The number of hydrogen-bond acceptors (Lipinski definition) is 4. The number of rotatable bonds is 4. The van der Waals surface area contributed by atoms with Crippen LogP contribution < -0.4 is 10.1 Å². The van der Waals surface area contributed by atoms with Crippen LogP contribution in [0.2, 0.25) is 5.02 Å². The van der Waals surface area contributed by atoms with Crippen molar-refractivity contribution in [1.29, 1.82) is 0 Å². The molecule has 1 N–H and O–H groups in total. The van der Waals surface area contributed by atoms with Gasteiger partial charge in [-0.15, -0.1) is 0 Å². The number of nitro groups is 1. The van der Waals surface area contributed by atoms with E-state index in [0.717, 1.165) is 0 Å². The van der Waals surface area contributed by atoms with Gasteiger partial charge in [-0.25, -0.2) is 0 Å². The number of carbonyl (C=O) groups excluding carboxylic acids is 1. The van der Waals surface area contributed by atoms with Crippen molar-refractivity contribution in [1.82, 2.24) is 5.32 Å². The van der Waals surface area contributed by atoms with E-state index in [-0.39, 0.29) is 17.3 Å². The average Bonchev–Trinajstić information content (AvgIpc) is 2.26. The van der Waals surface area contributed by atoms with Crippen LogP contribution in [0, 0.1) is 10.1 Å². The Bertz CT molecular complexity index is 526. The molecule has 110 valence electrons. The Morgan fingerprint density at radius 3 is 2.55 bits per heavy atom. The van der Waals surface area contributed by atoms with Crippen molar-refractivity contribution in [2.45, 2.75) is 39.3 Å². The second-order valence-electron chi connectivity index (χ2n) is 5.37. The molecule has 0 saturated heterocycles. The molecule has 0 fully saturated rings. The summed E-state index contributed by atoms with van der Waals surface area (Å²) in [6.07, 6.45) is -0.869. The van der Waals surface area contributed by atoms with E-state index in [1.165, 1.54) is 25.1 Å². The van der Waals surface area contributed by atoms with Gasteiger partial charge in [0.05, 0.1) is 4.92 Å². The number of nitro benzene ring substituents is 1. The molecule has 1 aromatic rings. The monoisotopic (exact) mass is 300 g/mol. The summed E-state index contributed by atoms with van der Waals surface area (Å²) in [5.74, 6) is -0.383. The van der Waals surface area contributed by atoms with E-state index in [2.05, 4.69) is 5.32 Å². The van der Waals surface area contributed by atoms with Gasteiger partial charge < -0.3 is 10.1 Å². The fourth-order valence-electron chi connectivity index (χ4n) is 1.45. The van der Waals surface area contributed by atoms with E-state index in [1.54, 1.807) is 0 Å². The molecule has 0 heterocycles. The first-order valence-electron chi connectivity index (χ1n) is 6.03. The zero-order valence-corrected chi connectivity index (χ0v) is 12.5. The maximum atomic E-state index is 11.9. The third-order valence-electron chi connectivity index (χ3n) is 2.29. The molecule has 20 heavy (non-hydrogen) atoms. The summed E-state index contributed by atoms with van der Waals surface area (Å²) in [4.78, 5) is 22.2. The summed E-state index contributed by atoms with van der Waals surface area (Å²) < 4.78 is 5.36. The van der Waals surface area contributed by atoms with Gasteiger partial charge in [0.25, 0.3) is 5.91 Å². The Labute approximate surface area is 122 Å². The lowest BCUT2D eigenvalue weighted by Crippen LogP contribution is -2.46. The lowest BCUT2D eigenvalue weighted by atomic mass is 10.1. The molecule has 0 aliphatic rings. The lowest BCUT2D eigenvalue weighted by molar-refractivity contribution is -0.386. The second kappa shape index (κ2) is 6.09. The van der Waals surface area contributed by atoms with Crippen LogP contribution >= 0.6 is 11.6 Å². The minimum absolute atomic E-state index is 0.0286. The van der Waals surface area contributed by atoms with E-state index >= 15 is 0 Å². The van der Waals surface area contributed by atoms with Crippen LogP contribution in [-0.4, -0.2) is 22.5 Å². The summed E-state index contributed by atoms with van der Waals surface area (Å²) in [5.41, 5.74) is -0.639. The molecule has 1 atom stereocenters. The Kier molecular flexibility index (Phi) is 4.94. The van der Waals surface area contributed by atoms with Crippen LogP contribution in [0.3, 0.4) is 0 Å². The van der Waals surface area contributed by atoms with E-state index in [9.17, 15) is 14.9 Å². The molecule has 0 aliphatic carbocycles. The van der Waals surface area contributed by atoms with Crippen LogP contribution in [0.5, 0.6) is 5.75 Å². The molecule has 1 aromatic carbocycles. The molecule has 0 saturated carbocycles. The number of halogens is 1. The van der Waals surface area contributed by atoms with Crippen LogP contribution in [0.15, 0.2) is 18.2 Å². The van der Waals surface area contributed by atoms with Crippen LogP contribution in [0.25, 0.3) is 0 Å². The van der Waals surface area contributed by atoms with Gasteiger partial charge in [0, 0.05) is 22.7 Å². The highest BCUT2D eigenvalue weighted by atomic mass is 35.5. The molecular formula is C13H17ClN2O4. The zero-order valence-electron chi connectivity index (χ0n) is 11.8. The Morgan fingerprint density at radius 2 is 2.05 bits per heavy atom. The van der Waals surface area contributed by atoms with Gasteiger partial charge in [0.1, 0.15) is 0 Å². The highest BCUT2D eigenvalue weighted by molar-refractivity contribution is 6.30. The third kappa shape index (κ3) is 4.70. The molecule has 1 amide bonds. The van der Waals surface area contributed by atoms with Gasteiger partial charge in [-0.05, 0) is 33.8 Å². The van der Waals surface area contributed by atoms with Crippen molar-refractivity contribution in [3.8, 4) is 5.75 Å². The number of ether oxygens (including phenoxy) is 1. The number of amides is 1. The molecule has 0 radical (unpaired) electrons. The maximum absolute atomic E-state index is 11.9. The molecule has 0 aromatic heterocycles.